The summed E-state index contributed by atoms with van der Waals surface area (Å²) >= 11 is -0.522. The Labute approximate surface area is 95.1 Å². The average molecular weight is 374 g/mol. The quantitative estimate of drug-likeness (QED) is 0.319. The molecule has 0 N–H and O–H groups in total. The Bertz CT molecular complexity index is 293. The average Bonchev–Trinajstić information content (AvgIpc) is 2.00. The van der Waals surface area contributed by atoms with Crippen LogP contribution in [0.1, 0.15) is 0 Å². The zero-order chi connectivity index (χ0) is 13.6. The number of rotatable bonds is 4. The molecule has 0 aliphatic rings. The minimum absolute atomic E-state index is 0.522. The van der Waals surface area contributed by atoms with E-state index in [0.29, 0.717) is 0 Å². The fourth-order valence-electron chi connectivity index (χ4n) is 0.499. The molecule has 0 heterocycles. The lowest BCUT2D eigenvalue weighted by atomic mass is 10.1. The Morgan fingerprint density at radius 1 is 0.812 bits per heavy atom. The maximum atomic E-state index is 12.3. The molecule has 0 aliphatic carbocycles. The molecule has 16 heavy (non-hydrogen) atoms. The van der Waals surface area contributed by atoms with Crippen LogP contribution in [0.2, 0.25) is 0 Å². The third kappa shape index (κ3) is 2.09. The van der Waals surface area contributed by atoms with Gasteiger partial charge in [0.1, 0.15) is 0 Å². The van der Waals surface area contributed by atoms with Gasteiger partial charge in [0.15, 0.2) is 0 Å². The van der Waals surface area contributed by atoms with Crippen LogP contribution >= 0.6 is 22.6 Å². The molecular weight excluding hydrogens is 374 g/mol. The highest BCUT2D eigenvalue weighted by Gasteiger charge is 2.82. The molecule has 0 unspecified atom stereocenters. The first-order valence-electron chi connectivity index (χ1n) is 3.09. The van der Waals surface area contributed by atoms with Gasteiger partial charge in [-0.1, -0.05) is 0 Å². The zero-order valence-corrected chi connectivity index (χ0v) is 8.85. The largest absolute Gasteiger partial charge is 0.404 e. The summed E-state index contributed by atoms with van der Waals surface area (Å²) in [5.41, 5.74) is 0. The maximum Gasteiger partial charge on any atom is 0.404 e. The van der Waals surface area contributed by atoms with E-state index in [2.05, 4.69) is 0 Å². The van der Waals surface area contributed by atoms with Crippen molar-refractivity contribution in [1.82, 2.24) is 0 Å². The number of halogens is 10. The summed E-state index contributed by atoms with van der Waals surface area (Å²) in [6, 6.07) is -4.13. The first-order chi connectivity index (χ1) is 6.69. The molecule has 0 aromatic carbocycles. The van der Waals surface area contributed by atoms with Crippen LogP contribution in [-0.4, -0.2) is 27.7 Å². The van der Waals surface area contributed by atoms with Crippen LogP contribution in [-0.2, 0) is 4.79 Å². The summed E-state index contributed by atoms with van der Waals surface area (Å²) in [5, 5.41) is 0. The molecule has 0 aromatic heterocycles. The smallest absolute Gasteiger partial charge is 0.254 e. The molecule has 0 saturated carbocycles. The minimum atomic E-state index is -6.85. The third-order valence-corrected chi connectivity index (χ3v) is 2.07. The SMILES string of the molecule is O=C(F)C(F)(F)C(F)(F)C(F)(F)C(F)(F)I. The van der Waals surface area contributed by atoms with Crippen LogP contribution in [0.4, 0.5) is 39.5 Å². The third-order valence-electron chi connectivity index (χ3n) is 1.39. The maximum absolute atomic E-state index is 12.3. The molecule has 1 nitrogen and oxygen atoms in total. The number of carbonyl (C=O) groups is 1. The van der Waals surface area contributed by atoms with E-state index in [1.54, 1.807) is 0 Å². The van der Waals surface area contributed by atoms with Gasteiger partial charge in [-0.3, -0.25) is 4.79 Å². The monoisotopic (exact) mass is 374 g/mol. The van der Waals surface area contributed by atoms with Crippen LogP contribution in [0.3, 0.4) is 0 Å². The molecule has 0 spiro atoms. The van der Waals surface area contributed by atoms with Gasteiger partial charge in [0.05, 0.1) is 0 Å². The van der Waals surface area contributed by atoms with Gasteiger partial charge in [-0.05, 0) is 0 Å². The first-order valence-corrected chi connectivity index (χ1v) is 4.17. The van der Waals surface area contributed by atoms with Crippen molar-refractivity contribution in [2.75, 3.05) is 0 Å². The topological polar surface area (TPSA) is 17.1 Å². The first kappa shape index (κ1) is 15.8. The summed E-state index contributed by atoms with van der Waals surface area (Å²) in [4.78, 5) is 9.41. The number of hydrogen-bond donors (Lipinski definition) is 0. The van der Waals surface area contributed by atoms with Crippen molar-refractivity contribution in [3.8, 4) is 0 Å². The van der Waals surface area contributed by atoms with E-state index >= 15 is 0 Å². The predicted octanol–water partition coefficient (Wildman–Crippen LogP) is 3.42. The van der Waals surface area contributed by atoms with Gasteiger partial charge in [-0.25, -0.2) is 0 Å². The van der Waals surface area contributed by atoms with Crippen molar-refractivity contribution in [3.63, 3.8) is 0 Å². The number of hydrogen-bond acceptors (Lipinski definition) is 1. The Kier molecular flexibility index (Phi) is 3.85. The van der Waals surface area contributed by atoms with Gasteiger partial charge in [0, 0.05) is 22.6 Å². The lowest BCUT2D eigenvalue weighted by molar-refractivity contribution is -0.333. The zero-order valence-electron chi connectivity index (χ0n) is 6.69. The Hall–Kier alpha value is -0.230. The van der Waals surface area contributed by atoms with Crippen molar-refractivity contribution in [2.45, 2.75) is 21.7 Å². The fourth-order valence-corrected chi connectivity index (χ4v) is 0.837. The van der Waals surface area contributed by atoms with Crippen LogP contribution in [0.15, 0.2) is 0 Å². The summed E-state index contributed by atoms with van der Waals surface area (Å²) in [6.07, 6.45) is 0. The molecule has 0 aliphatic heterocycles. The van der Waals surface area contributed by atoms with Crippen molar-refractivity contribution < 1.29 is 44.3 Å². The summed E-state index contributed by atoms with van der Waals surface area (Å²) in [5.74, 6) is -20.0. The van der Waals surface area contributed by atoms with E-state index in [1.807, 2.05) is 0 Å². The summed E-state index contributed by atoms with van der Waals surface area (Å²) in [7, 11) is 0. The fraction of sp³-hybridized carbons (Fsp3) is 0.800. The molecule has 0 radical (unpaired) electrons. The van der Waals surface area contributed by atoms with Crippen molar-refractivity contribution >= 4 is 28.6 Å². The van der Waals surface area contributed by atoms with Gasteiger partial charge in [0.25, 0.3) is 0 Å². The van der Waals surface area contributed by atoms with Gasteiger partial charge < -0.3 is 0 Å². The Morgan fingerprint density at radius 2 is 1.12 bits per heavy atom. The highest BCUT2D eigenvalue weighted by Crippen LogP contribution is 2.55. The molecule has 11 heteroatoms. The molecule has 0 bridgehead atoms. The second-order valence-electron chi connectivity index (χ2n) is 2.49. The van der Waals surface area contributed by atoms with Crippen molar-refractivity contribution in [1.29, 1.82) is 0 Å². The highest BCUT2D eigenvalue weighted by molar-refractivity contribution is 14.1. The second kappa shape index (κ2) is 3.91. The molecule has 0 aromatic rings. The second-order valence-corrected chi connectivity index (χ2v) is 3.85. The van der Waals surface area contributed by atoms with Crippen molar-refractivity contribution in [2.24, 2.45) is 0 Å². The van der Waals surface area contributed by atoms with Crippen LogP contribution in [0, 0.1) is 0 Å². The molecule has 0 atom stereocenters. The van der Waals surface area contributed by atoms with E-state index in [9.17, 15) is 44.3 Å². The molecule has 0 rings (SSSR count). The normalized spacial score (nSPS) is 15.1. The lowest BCUT2D eigenvalue weighted by Crippen LogP contribution is -2.62. The molecule has 96 valence electrons. The number of carbonyl (C=O) groups excluding carboxylic acids is 1. The molecular formula is C5F9IO. The van der Waals surface area contributed by atoms with Gasteiger partial charge >= 0.3 is 27.7 Å². The molecule has 0 amide bonds. The predicted molar refractivity (Wildman–Crippen MR) is 39.9 cm³/mol. The van der Waals surface area contributed by atoms with Crippen molar-refractivity contribution in [3.05, 3.63) is 0 Å². The van der Waals surface area contributed by atoms with E-state index in [-0.39, 0.29) is 0 Å². The van der Waals surface area contributed by atoms with Gasteiger partial charge in [-0.2, -0.15) is 39.5 Å². The summed E-state index contributed by atoms with van der Waals surface area (Å²) in [6.45, 7) is 0. The van der Waals surface area contributed by atoms with E-state index in [4.69, 9.17) is 0 Å². The van der Waals surface area contributed by atoms with Crippen LogP contribution < -0.4 is 0 Å². The standard InChI is InChI=1S/C5F9IO/c6-1(16)2(7,8)3(9,10)4(11,12)5(13,14)15. The van der Waals surface area contributed by atoms with Crippen LogP contribution in [0.5, 0.6) is 0 Å². The summed E-state index contributed by atoms with van der Waals surface area (Å²) < 4.78 is 103. The van der Waals surface area contributed by atoms with Crippen LogP contribution in [0.25, 0.3) is 0 Å². The van der Waals surface area contributed by atoms with E-state index < -0.39 is 50.3 Å². The van der Waals surface area contributed by atoms with E-state index in [1.165, 1.54) is 0 Å². The Morgan fingerprint density at radius 3 is 1.31 bits per heavy atom. The van der Waals surface area contributed by atoms with Gasteiger partial charge in [-0.15, -0.1) is 0 Å². The Balaban J connectivity index is 5.62. The van der Waals surface area contributed by atoms with E-state index in [0.717, 1.165) is 0 Å². The molecule has 0 fully saturated rings. The highest BCUT2D eigenvalue weighted by atomic mass is 127. The molecule has 0 saturated heterocycles. The minimum Gasteiger partial charge on any atom is -0.254 e. The lowest BCUT2D eigenvalue weighted by Gasteiger charge is -2.32. The number of alkyl halides is 9. The van der Waals surface area contributed by atoms with Gasteiger partial charge in [0.2, 0.25) is 0 Å².